The predicted octanol–water partition coefficient (Wildman–Crippen LogP) is 2.05. The molecule has 132 valence electrons. The molecule has 0 bridgehead atoms. The van der Waals surface area contributed by atoms with Crippen LogP contribution < -0.4 is 21.4 Å². The van der Waals surface area contributed by atoms with E-state index in [1.165, 1.54) is 0 Å². The Kier molecular flexibility index (Phi) is 6.17. The summed E-state index contributed by atoms with van der Waals surface area (Å²) >= 11 is 0. The Hall–Kier alpha value is -2.22. The van der Waals surface area contributed by atoms with E-state index in [0.717, 1.165) is 11.4 Å². The number of aliphatic carboxylic acids is 1. The summed E-state index contributed by atoms with van der Waals surface area (Å²) in [4.78, 5) is 24.1. The van der Waals surface area contributed by atoms with Crippen molar-refractivity contribution >= 4 is 74.5 Å². The van der Waals surface area contributed by atoms with E-state index in [1.807, 2.05) is 0 Å². The SMILES string of the molecule is CNc1cc2c(=O)c3cccc(CC(=O)O)c3oc2c(NC)c1NC.[NaH]. The van der Waals surface area contributed by atoms with E-state index in [2.05, 4.69) is 16.0 Å². The molecule has 3 aromatic rings. The third kappa shape index (κ3) is 3.25. The number of rotatable bonds is 5. The first-order chi connectivity index (χ1) is 12.0. The number of carboxylic acid groups (broad SMARTS) is 1. The number of carboxylic acids is 1. The molecule has 2 aromatic carbocycles. The van der Waals surface area contributed by atoms with Crippen molar-refractivity contribution in [3.63, 3.8) is 0 Å². The fourth-order valence-corrected chi connectivity index (χ4v) is 3.07. The zero-order valence-corrected chi connectivity index (χ0v) is 14.2. The van der Waals surface area contributed by atoms with Gasteiger partial charge in [-0.3, -0.25) is 9.59 Å². The minimum absolute atomic E-state index is 0. The van der Waals surface area contributed by atoms with E-state index < -0.39 is 5.97 Å². The second-order valence-corrected chi connectivity index (χ2v) is 5.60. The van der Waals surface area contributed by atoms with Crippen molar-refractivity contribution in [3.8, 4) is 0 Å². The number of hydrogen-bond donors (Lipinski definition) is 4. The summed E-state index contributed by atoms with van der Waals surface area (Å²) in [7, 11) is 5.29. The fraction of sp³-hybridized carbons (Fsp3) is 0.222. The van der Waals surface area contributed by atoms with Gasteiger partial charge in [-0.05, 0) is 12.1 Å². The summed E-state index contributed by atoms with van der Waals surface area (Å²) < 4.78 is 6.03. The van der Waals surface area contributed by atoms with Gasteiger partial charge in [-0.2, -0.15) is 0 Å². The molecular formula is C18H20N3NaO4. The summed E-state index contributed by atoms with van der Waals surface area (Å²) in [6.45, 7) is 0. The van der Waals surface area contributed by atoms with Crippen molar-refractivity contribution in [1.82, 2.24) is 0 Å². The van der Waals surface area contributed by atoms with E-state index in [0.29, 0.717) is 33.2 Å². The second kappa shape index (κ2) is 7.99. The Labute approximate surface area is 172 Å². The first kappa shape index (κ1) is 20.1. The van der Waals surface area contributed by atoms with Crippen LogP contribution in [-0.2, 0) is 11.2 Å². The van der Waals surface area contributed by atoms with Gasteiger partial charge in [-0.1, -0.05) is 12.1 Å². The number of para-hydroxylation sites is 1. The van der Waals surface area contributed by atoms with Gasteiger partial charge in [0, 0.05) is 26.7 Å². The molecule has 3 rings (SSSR count). The maximum absolute atomic E-state index is 13.0. The molecule has 0 saturated heterocycles. The molecular weight excluding hydrogens is 345 g/mol. The molecule has 1 aromatic heterocycles. The van der Waals surface area contributed by atoms with Crippen LogP contribution in [-0.4, -0.2) is 61.8 Å². The standard InChI is InChI=1S/C18H19N3O4.Na.H/c1-19-12-8-11-16(24)10-6-4-5-9(7-13(22)23)17(10)25-18(11)15(21-3)14(12)20-2;;/h4-6,8,19-21H,7H2,1-3H3,(H,22,23);;. The van der Waals surface area contributed by atoms with Gasteiger partial charge in [0.1, 0.15) is 11.3 Å². The van der Waals surface area contributed by atoms with Gasteiger partial charge in [0.05, 0.1) is 28.6 Å². The Morgan fingerprint density at radius 2 is 1.73 bits per heavy atom. The van der Waals surface area contributed by atoms with Crippen LogP contribution in [0.5, 0.6) is 0 Å². The van der Waals surface area contributed by atoms with Gasteiger partial charge >= 0.3 is 35.5 Å². The monoisotopic (exact) mass is 365 g/mol. The second-order valence-electron chi connectivity index (χ2n) is 5.60. The molecule has 8 heteroatoms. The summed E-state index contributed by atoms with van der Waals surface area (Å²) in [5.74, 6) is -0.981. The van der Waals surface area contributed by atoms with Gasteiger partial charge in [-0.15, -0.1) is 0 Å². The average molecular weight is 365 g/mol. The molecule has 0 atom stereocenters. The molecule has 0 aliphatic rings. The van der Waals surface area contributed by atoms with Crippen molar-refractivity contribution in [1.29, 1.82) is 0 Å². The van der Waals surface area contributed by atoms with E-state index in [1.54, 1.807) is 45.4 Å². The zero-order valence-electron chi connectivity index (χ0n) is 14.2. The third-order valence-corrected chi connectivity index (χ3v) is 4.18. The zero-order chi connectivity index (χ0) is 18.1. The van der Waals surface area contributed by atoms with Crippen molar-refractivity contribution in [3.05, 3.63) is 40.1 Å². The molecule has 0 saturated carbocycles. The molecule has 1 heterocycles. The van der Waals surface area contributed by atoms with E-state index in [-0.39, 0.29) is 41.4 Å². The fourth-order valence-electron chi connectivity index (χ4n) is 3.07. The van der Waals surface area contributed by atoms with Crippen LogP contribution in [0, 0.1) is 0 Å². The van der Waals surface area contributed by atoms with Crippen molar-refractivity contribution in [2.75, 3.05) is 37.1 Å². The molecule has 0 amide bonds. The number of hydrogen-bond acceptors (Lipinski definition) is 6. The van der Waals surface area contributed by atoms with Crippen molar-refractivity contribution in [2.24, 2.45) is 0 Å². The Morgan fingerprint density at radius 3 is 2.31 bits per heavy atom. The summed E-state index contributed by atoms with van der Waals surface area (Å²) in [5.41, 5.74) is 3.12. The first-order valence-electron chi connectivity index (χ1n) is 7.82. The van der Waals surface area contributed by atoms with Gasteiger partial charge in [0.2, 0.25) is 5.43 Å². The molecule has 4 N–H and O–H groups in total. The average Bonchev–Trinajstić information content (AvgIpc) is 2.60. The molecule has 26 heavy (non-hydrogen) atoms. The van der Waals surface area contributed by atoms with Gasteiger partial charge in [-0.25, -0.2) is 0 Å². The minimum atomic E-state index is -0.981. The van der Waals surface area contributed by atoms with Crippen LogP contribution in [0.15, 0.2) is 33.5 Å². The molecule has 7 nitrogen and oxygen atoms in total. The molecule has 0 aliphatic carbocycles. The number of nitrogens with one attached hydrogen (secondary N) is 3. The molecule has 0 fully saturated rings. The van der Waals surface area contributed by atoms with E-state index in [4.69, 9.17) is 9.52 Å². The van der Waals surface area contributed by atoms with E-state index in [9.17, 15) is 9.59 Å². The Balaban J connectivity index is 0.00000243. The summed E-state index contributed by atoms with van der Waals surface area (Å²) in [5, 5.41) is 19.1. The Morgan fingerprint density at radius 1 is 1.04 bits per heavy atom. The molecule has 0 aliphatic heterocycles. The first-order valence-corrected chi connectivity index (χ1v) is 7.82. The normalized spacial score (nSPS) is 10.4. The quantitative estimate of drug-likeness (QED) is 0.405. The number of fused-ring (bicyclic) bond motifs is 2. The maximum atomic E-state index is 13.0. The van der Waals surface area contributed by atoms with Crippen LogP contribution in [0.2, 0.25) is 0 Å². The van der Waals surface area contributed by atoms with Crippen LogP contribution in [0.4, 0.5) is 17.1 Å². The van der Waals surface area contributed by atoms with Crippen LogP contribution in [0.1, 0.15) is 5.56 Å². The molecule has 0 unspecified atom stereocenters. The van der Waals surface area contributed by atoms with Crippen molar-refractivity contribution in [2.45, 2.75) is 6.42 Å². The molecule has 0 radical (unpaired) electrons. The van der Waals surface area contributed by atoms with Crippen molar-refractivity contribution < 1.29 is 14.3 Å². The summed E-state index contributed by atoms with van der Waals surface area (Å²) in [6.07, 6.45) is -0.214. The van der Waals surface area contributed by atoms with Gasteiger partial charge in [0.25, 0.3) is 0 Å². The van der Waals surface area contributed by atoms with Gasteiger partial charge in [0.15, 0.2) is 5.58 Å². The topological polar surface area (TPSA) is 104 Å². The molecule has 0 spiro atoms. The summed E-state index contributed by atoms with van der Waals surface area (Å²) in [6, 6.07) is 6.71. The van der Waals surface area contributed by atoms with Gasteiger partial charge < -0.3 is 25.5 Å². The Bertz CT molecular complexity index is 1050. The number of carbonyl (C=O) groups is 1. The van der Waals surface area contributed by atoms with Crippen LogP contribution >= 0.6 is 0 Å². The number of benzene rings is 2. The predicted molar refractivity (Wildman–Crippen MR) is 107 cm³/mol. The van der Waals surface area contributed by atoms with E-state index >= 15 is 0 Å². The van der Waals surface area contributed by atoms with Crippen LogP contribution in [0.3, 0.4) is 0 Å². The number of anilines is 3. The van der Waals surface area contributed by atoms with Crippen LogP contribution in [0.25, 0.3) is 21.9 Å². The third-order valence-electron chi connectivity index (χ3n) is 4.18.